The number of allylic oxidation sites excluding steroid dienone is 4. The van der Waals surface area contributed by atoms with Crippen LogP contribution in [0.3, 0.4) is 0 Å². The SMILES string of the molecule is CC1=CC(=NC(=O)c2n(C)cc[n+]2C)C=CC1=NC(O)=C1N(C)C=CN1C. The van der Waals surface area contributed by atoms with Gasteiger partial charge in [0.1, 0.15) is 12.4 Å². The molecule has 3 rings (SSSR count). The van der Waals surface area contributed by atoms with Crippen LogP contribution in [0, 0.1) is 0 Å². The van der Waals surface area contributed by atoms with E-state index < -0.39 is 0 Å². The van der Waals surface area contributed by atoms with Gasteiger partial charge in [-0.3, -0.25) is 4.79 Å². The number of amides is 1. The molecular weight excluding hydrogens is 344 g/mol. The molecule has 27 heavy (non-hydrogen) atoms. The Morgan fingerprint density at radius 2 is 1.78 bits per heavy atom. The largest absolute Gasteiger partial charge is 0.491 e. The fraction of sp³-hybridized carbons (Fsp3) is 0.263. The van der Waals surface area contributed by atoms with Crippen LogP contribution in [0.5, 0.6) is 0 Å². The van der Waals surface area contributed by atoms with Crippen molar-refractivity contribution >= 4 is 17.3 Å². The Kier molecular flexibility index (Phi) is 4.81. The molecule has 1 N–H and O–H groups in total. The summed E-state index contributed by atoms with van der Waals surface area (Å²) in [5.74, 6) is 0.683. The van der Waals surface area contributed by atoms with Crippen molar-refractivity contribution < 1.29 is 14.5 Å². The van der Waals surface area contributed by atoms with Gasteiger partial charge in [0.15, 0.2) is 5.82 Å². The fourth-order valence-corrected chi connectivity index (χ4v) is 2.96. The number of nitrogens with zero attached hydrogens (tertiary/aromatic N) is 6. The van der Waals surface area contributed by atoms with E-state index in [4.69, 9.17) is 0 Å². The van der Waals surface area contributed by atoms with E-state index in [-0.39, 0.29) is 11.8 Å². The Bertz CT molecular complexity index is 941. The summed E-state index contributed by atoms with van der Waals surface area (Å²) in [6.45, 7) is 1.86. The second-order valence-electron chi connectivity index (χ2n) is 6.51. The van der Waals surface area contributed by atoms with Gasteiger partial charge in [0.2, 0.25) is 0 Å². The van der Waals surface area contributed by atoms with Gasteiger partial charge in [-0.15, -0.1) is 0 Å². The number of hydrogen-bond acceptors (Lipinski definition) is 5. The average Bonchev–Trinajstić information content (AvgIpc) is 3.11. The molecule has 0 aromatic carbocycles. The zero-order valence-electron chi connectivity index (χ0n) is 16.1. The van der Waals surface area contributed by atoms with E-state index >= 15 is 0 Å². The molecule has 1 aliphatic heterocycles. The van der Waals surface area contributed by atoms with Gasteiger partial charge in [0.05, 0.1) is 25.5 Å². The molecule has 1 amide bonds. The van der Waals surface area contributed by atoms with Crippen LogP contribution >= 0.6 is 0 Å². The molecular formula is C19H23N6O2+. The molecule has 140 valence electrons. The molecule has 8 heteroatoms. The topological polar surface area (TPSA) is 77.3 Å². The van der Waals surface area contributed by atoms with Crippen molar-refractivity contribution in [1.82, 2.24) is 14.4 Å². The minimum Gasteiger partial charge on any atom is -0.491 e. The first-order valence-corrected chi connectivity index (χ1v) is 8.44. The highest BCUT2D eigenvalue weighted by Crippen LogP contribution is 2.20. The molecule has 1 aromatic rings. The maximum absolute atomic E-state index is 12.4. The van der Waals surface area contributed by atoms with Crippen molar-refractivity contribution in [1.29, 1.82) is 0 Å². The Morgan fingerprint density at radius 1 is 1.11 bits per heavy atom. The first kappa shape index (κ1) is 18.4. The minimum absolute atomic E-state index is 0.0790. The van der Waals surface area contributed by atoms with Crippen molar-refractivity contribution in [3.63, 3.8) is 0 Å². The summed E-state index contributed by atoms with van der Waals surface area (Å²) in [5.41, 5.74) is 1.97. The van der Waals surface area contributed by atoms with Crippen molar-refractivity contribution in [3.05, 3.63) is 66.1 Å². The highest BCUT2D eigenvalue weighted by molar-refractivity contribution is 6.23. The van der Waals surface area contributed by atoms with Gasteiger partial charge in [-0.2, -0.15) is 0 Å². The molecule has 1 aromatic heterocycles. The molecule has 2 aliphatic rings. The van der Waals surface area contributed by atoms with E-state index in [1.807, 2.05) is 33.4 Å². The Balaban J connectivity index is 1.85. The van der Waals surface area contributed by atoms with Crippen molar-refractivity contribution in [3.8, 4) is 0 Å². The third kappa shape index (κ3) is 3.59. The maximum atomic E-state index is 12.4. The van der Waals surface area contributed by atoms with E-state index in [0.717, 1.165) is 5.57 Å². The van der Waals surface area contributed by atoms with E-state index in [2.05, 4.69) is 9.98 Å². The number of carbonyl (C=O) groups excluding carboxylic acids is 1. The van der Waals surface area contributed by atoms with E-state index in [9.17, 15) is 9.90 Å². The van der Waals surface area contributed by atoms with Crippen LogP contribution in [0.25, 0.3) is 0 Å². The average molecular weight is 367 g/mol. The van der Waals surface area contributed by atoms with Crippen LogP contribution in [0.4, 0.5) is 0 Å². The molecule has 8 nitrogen and oxygen atoms in total. The number of hydrogen-bond donors (Lipinski definition) is 1. The molecule has 0 bridgehead atoms. The number of carbonyl (C=O) groups is 1. The maximum Gasteiger partial charge on any atom is 0.360 e. The second-order valence-corrected chi connectivity index (χ2v) is 6.51. The number of rotatable bonds is 2. The summed E-state index contributed by atoms with van der Waals surface area (Å²) in [6.07, 6.45) is 12.5. The quantitative estimate of drug-likeness (QED) is 0.487. The lowest BCUT2D eigenvalue weighted by atomic mass is 10.0. The van der Waals surface area contributed by atoms with E-state index in [0.29, 0.717) is 23.1 Å². The fourth-order valence-electron chi connectivity index (χ4n) is 2.96. The normalized spacial score (nSPS) is 19.4. The number of aryl methyl sites for hydroxylation is 2. The van der Waals surface area contributed by atoms with Gasteiger partial charge in [-0.05, 0) is 30.7 Å². The first-order chi connectivity index (χ1) is 12.8. The van der Waals surface area contributed by atoms with Crippen molar-refractivity contribution in [2.24, 2.45) is 24.1 Å². The number of imidazole rings is 1. The van der Waals surface area contributed by atoms with Gasteiger partial charge in [-0.25, -0.2) is 19.1 Å². The van der Waals surface area contributed by atoms with Gasteiger partial charge in [-0.1, -0.05) is 0 Å². The lowest BCUT2D eigenvalue weighted by Gasteiger charge is -2.18. The van der Waals surface area contributed by atoms with Gasteiger partial charge < -0.3 is 14.9 Å². The Labute approximate surface area is 158 Å². The summed E-state index contributed by atoms with van der Waals surface area (Å²) in [5, 5.41) is 10.4. The molecule has 0 radical (unpaired) electrons. The molecule has 0 fully saturated rings. The monoisotopic (exact) mass is 367 g/mol. The number of aliphatic hydroxyl groups is 1. The molecule has 2 heterocycles. The zero-order chi connectivity index (χ0) is 19.7. The van der Waals surface area contributed by atoms with Crippen LogP contribution in [0.2, 0.25) is 0 Å². The van der Waals surface area contributed by atoms with Crippen LogP contribution in [-0.4, -0.2) is 50.9 Å². The smallest absolute Gasteiger partial charge is 0.360 e. The lowest BCUT2D eigenvalue weighted by Crippen LogP contribution is -2.34. The second kappa shape index (κ2) is 7.06. The third-order valence-electron chi connectivity index (χ3n) is 4.39. The van der Waals surface area contributed by atoms with Gasteiger partial charge in [0, 0.05) is 26.5 Å². The predicted molar refractivity (Wildman–Crippen MR) is 103 cm³/mol. The van der Waals surface area contributed by atoms with Crippen LogP contribution in [0.1, 0.15) is 17.5 Å². The van der Waals surface area contributed by atoms with Crippen molar-refractivity contribution in [2.45, 2.75) is 6.92 Å². The number of aromatic nitrogens is 2. The van der Waals surface area contributed by atoms with Crippen LogP contribution < -0.4 is 4.57 Å². The summed E-state index contributed by atoms with van der Waals surface area (Å²) >= 11 is 0. The highest BCUT2D eigenvalue weighted by atomic mass is 16.3. The van der Waals surface area contributed by atoms with Gasteiger partial charge >= 0.3 is 11.7 Å². The number of aliphatic hydroxyl groups excluding tert-OH is 1. The first-order valence-electron chi connectivity index (χ1n) is 8.44. The van der Waals surface area contributed by atoms with Crippen LogP contribution in [-0.2, 0) is 14.1 Å². The summed E-state index contributed by atoms with van der Waals surface area (Å²) in [6, 6.07) is 0. The summed E-state index contributed by atoms with van der Waals surface area (Å²) < 4.78 is 3.46. The van der Waals surface area contributed by atoms with Gasteiger partial charge in [0.25, 0.3) is 5.88 Å². The lowest BCUT2D eigenvalue weighted by molar-refractivity contribution is -0.672. The molecule has 0 unspecified atom stereocenters. The minimum atomic E-state index is -0.320. The third-order valence-corrected chi connectivity index (χ3v) is 4.39. The summed E-state index contributed by atoms with van der Waals surface area (Å²) in [7, 11) is 7.28. The Hall–Kier alpha value is -3.42. The highest BCUT2D eigenvalue weighted by Gasteiger charge is 2.22. The van der Waals surface area contributed by atoms with E-state index in [1.54, 1.807) is 63.7 Å². The van der Waals surface area contributed by atoms with Crippen molar-refractivity contribution in [2.75, 3.05) is 14.1 Å². The van der Waals surface area contributed by atoms with Crippen LogP contribution in [0.15, 0.2) is 70.3 Å². The molecule has 0 saturated heterocycles. The number of aliphatic imine (C=N–C) groups is 2. The molecule has 0 saturated carbocycles. The molecule has 0 atom stereocenters. The standard InChI is InChI=1S/C19H22N6O2/c1-13-12-14(20-16(26)18-22(2)8-9-23(18)3)6-7-15(13)21-17(27)19-24(4)10-11-25(19)5/h6-12H,1-5H3/p+1. The Morgan fingerprint density at radius 3 is 2.33 bits per heavy atom. The molecule has 0 spiro atoms. The zero-order valence-corrected chi connectivity index (χ0v) is 16.1. The summed E-state index contributed by atoms with van der Waals surface area (Å²) in [4.78, 5) is 24.5. The predicted octanol–water partition coefficient (Wildman–Crippen LogP) is 1.42. The van der Waals surface area contributed by atoms with E-state index in [1.165, 1.54) is 0 Å². The molecule has 1 aliphatic carbocycles.